The third kappa shape index (κ3) is 4.24. The third-order valence-electron chi connectivity index (χ3n) is 1.66. The first-order valence-electron chi connectivity index (χ1n) is 4.11. The molecular weight excluding hydrogens is 206 g/mol. The number of esters is 1. The van der Waals surface area contributed by atoms with Crippen LogP contribution in [0.4, 0.5) is 0 Å². The molecule has 0 bridgehead atoms. The van der Waals surface area contributed by atoms with E-state index in [1.165, 1.54) is 11.8 Å². The number of nitrogens with two attached hydrogens (primary N) is 1. The molecule has 13 heavy (non-hydrogen) atoms. The Balaban J connectivity index is 4.16. The first kappa shape index (κ1) is 13.1. The largest absolute Gasteiger partial charge is 0.464 e. The van der Waals surface area contributed by atoms with Crippen LogP contribution < -0.4 is 5.73 Å². The lowest BCUT2D eigenvalue weighted by atomic mass is 10.2. The molecular formula is C8H17NO2S2. The Kier molecular flexibility index (Phi) is 6.63. The van der Waals surface area contributed by atoms with Crippen molar-refractivity contribution < 1.29 is 9.53 Å². The van der Waals surface area contributed by atoms with E-state index >= 15 is 0 Å². The average Bonchev–Trinajstić information content (AvgIpc) is 2.14. The normalized spacial score (nSPS) is 15.1. The lowest BCUT2D eigenvalue weighted by Crippen LogP contribution is -2.46. The van der Waals surface area contributed by atoms with Gasteiger partial charge in [0.1, 0.15) is 0 Å². The molecule has 0 rings (SSSR count). The Labute approximate surface area is 88.2 Å². The first-order chi connectivity index (χ1) is 6.10. The van der Waals surface area contributed by atoms with Gasteiger partial charge in [0.05, 0.1) is 6.61 Å². The number of thioether (sulfide) groups is 2. The van der Waals surface area contributed by atoms with E-state index < -0.39 is 4.87 Å². The van der Waals surface area contributed by atoms with E-state index in [1.807, 2.05) is 12.5 Å². The van der Waals surface area contributed by atoms with Crippen molar-refractivity contribution in [3.8, 4) is 0 Å². The number of carbonyl (C=O) groups is 1. The second-order valence-corrected chi connectivity index (χ2v) is 4.68. The molecule has 0 aliphatic rings. The topological polar surface area (TPSA) is 52.3 Å². The Hall–Kier alpha value is 0.130. The molecule has 0 amide bonds. The average molecular weight is 223 g/mol. The van der Waals surface area contributed by atoms with Crippen molar-refractivity contribution >= 4 is 29.5 Å². The summed E-state index contributed by atoms with van der Waals surface area (Å²) in [5.74, 6) is 0.562. The van der Waals surface area contributed by atoms with Crippen molar-refractivity contribution in [2.75, 3.05) is 24.9 Å². The quantitative estimate of drug-likeness (QED) is 0.544. The van der Waals surface area contributed by atoms with Gasteiger partial charge in [-0.25, -0.2) is 4.79 Å². The second kappa shape index (κ2) is 6.56. The number of hydrogen-bond acceptors (Lipinski definition) is 5. The Morgan fingerprint density at radius 2 is 2.15 bits per heavy atom. The maximum Gasteiger partial charge on any atom is 0.336 e. The Bertz CT molecular complexity index is 166. The molecule has 1 atom stereocenters. The highest BCUT2D eigenvalue weighted by atomic mass is 32.2. The van der Waals surface area contributed by atoms with Crippen LogP contribution in [0.3, 0.4) is 0 Å². The zero-order chi connectivity index (χ0) is 10.3. The van der Waals surface area contributed by atoms with E-state index in [0.29, 0.717) is 13.0 Å². The predicted octanol–water partition coefficient (Wildman–Crippen LogP) is 1.32. The molecule has 0 aromatic carbocycles. The van der Waals surface area contributed by atoms with E-state index in [1.54, 1.807) is 18.7 Å². The van der Waals surface area contributed by atoms with Crippen LogP contribution in [-0.2, 0) is 9.53 Å². The highest BCUT2D eigenvalue weighted by Gasteiger charge is 2.33. The van der Waals surface area contributed by atoms with Gasteiger partial charge in [0, 0.05) is 0 Å². The van der Waals surface area contributed by atoms with Gasteiger partial charge in [0.2, 0.25) is 0 Å². The van der Waals surface area contributed by atoms with E-state index in [4.69, 9.17) is 10.5 Å². The molecule has 0 saturated heterocycles. The second-order valence-electron chi connectivity index (χ2n) is 2.56. The van der Waals surface area contributed by atoms with Crippen LogP contribution in [0.5, 0.6) is 0 Å². The fourth-order valence-corrected chi connectivity index (χ4v) is 1.98. The van der Waals surface area contributed by atoms with Crippen LogP contribution in [0.2, 0.25) is 0 Å². The number of ether oxygens (including phenoxy) is 1. The fourth-order valence-electron chi connectivity index (χ4n) is 0.794. The Morgan fingerprint density at radius 1 is 1.54 bits per heavy atom. The summed E-state index contributed by atoms with van der Waals surface area (Å²) in [6.07, 6.45) is 4.47. The third-order valence-corrected chi connectivity index (χ3v) is 3.37. The highest BCUT2D eigenvalue weighted by Crippen LogP contribution is 2.23. The number of hydrogen-bond donors (Lipinski definition) is 1. The molecule has 0 aliphatic carbocycles. The number of rotatable bonds is 6. The van der Waals surface area contributed by atoms with Crippen molar-refractivity contribution in [2.45, 2.75) is 18.2 Å². The molecule has 0 saturated carbocycles. The molecule has 0 spiro atoms. The summed E-state index contributed by atoms with van der Waals surface area (Å²) < 4.78 is 4.90. The van der Waals surface area contributed by atoms with Gasteiger partial charge in [-0.05, 0) is 31.6 Å². The first-order valence-corrected chi connectivity index (χ1v) is 6.72. The molecule has 0 aromatic rings. The van der Waals surface area contributed by atoms with Crippen molar-refractivity contribution in [1.29, 1.82) is 0 Å². The van der Waals surface area contributed by atoms with E-state index in [0.717, 1.165) is 5.75 Å². The maximum absolute atomic E-state index is 11.4. The van der Waals surface area contributed by atoms with E-state index in [2.05, 4.69) is 0 Å². The molecule has 78 valence electrons. The van der Waals surface area contributed by atoms with Crippen LogP contribution in [0.1, 0.15) is 13.3 Å². The predicted molar refractivity (Wildman–Crippen MR) is 60.1 cm³/mol. The lowest BCUT2D eigenvalue weighted by molar-refractivity contribution is -0.146. The molecule has 3 nitrogen and oxygen atoms in total. The summed E-state index contributed by atoms with van der Waals surface area (Å²) in [4.78, 5) is 10.6. The fraction of sp³-hybridized carbons (Fsp3) is 0.875. The van der Waals surface area contributed by atoms with Crippen molar-refractivity contribution in [2.24, 2.45) is 5.73 Å². The molecule has 2 N–H and O–H groups in total. The Morgan fingerprint density at radius 3 is 2.54 bits per heavy atom. The van der Waals surface area contributed by atoms with Crippen molar-refractivity contribution in [3.63, 3.8) is 0 Å². The summed E-state index contributed by atoms with van der Waals surface area (Å²) in [6, 6.07) is 0. The van der Waals surface area contributed by atoms with Crippen molar-refractivity contribution in [1.82, 2.24) is 0 Å². The van der Waals surface area contributed by atoms with Gasteiger partial charge in [-0.1, -0.05) is 0 Å². The van der Waals surface area contributed by atoms with E-state index in [9.17, 15) is 4.79 Å². The monoisotopic (exact) mass is 223 g/mol. The minimum atomic E-state index is -0.862. The summed E-state index contributed by atoms with van der Waals surface area (Å²) in [6.45, 7) is 2.17. The zero-order valence-electron chi connectivity index (χ0n) is 8.33. The van der Waals surface area contributed by atoms with Gasteiger partial charge < -0.3 is 10.5 Å². The molecule has 0 unspecified atom stereocenters. The van der Waals surface area contributed by atoms with Gasteiger partial charge in [0.15, 0.2) is 4.87 Å². The van der Waals surface area contributed by atoms with Gasteiger partial charge in [0.25, 0.3) is 0 Å². The summed E-state index contributed by atoms with van der Waals surface area (Å²) in [5, 5.41) is 0. The van der Waals surface area contributed by atoms with Gasteiger partial charge in [-0.15, -0.1) is 11.8 Å². The van der Waals surface area contributed by atoms with Gasteiger partial charge >= 0.3 is 5.97 Å². The SMILES string of the molecule is CCOC(=O)[C@@](N)(CCSC)SC. The lowest BCUT2D eigenvalue weighted by Gasteiger charge is -2.24. The smallest absolute Gasteiger partial charge is 0.336 e. The summed E-state index contributed by atoms with van der Waals surface area (Å²) >= 11 is 3.03. The van der Waals surface area contributed by atoms with Gasteiger partial charge in [-0.2, -0.15) is 11.8 Å². The standard InChI is InChI=1S/C8H17NO2S2/c1-4-11-7(10)8(9,13-3)5-6-12-2/h4-6,9H2,1-3H3/t8-/m1/s1. The maximum atomic E-state index is 11.4. The van der Waals surface area contributed by atoms with Gasteiger partial charge in [-0.3, -0.25) is 0 Å². The number of carbonyl (C=O) groups excluding carboxylic acids is 1. The minimum Gasteiger partial charge on any atom is -0.464 e. The van der Waals surface area contributed by atoms with E-state index in [-0.39, 0.29) is 5.97 Å². The molecule has 0 heterocycles. The molecule has 0 aromatic heterocycles. The molecule has 5 heteroatoms. The molecule has 0 radical (unpaired) electrons. The summed E-state index contributed by atoms with van der Waals surface area (Å²) in [5.41, 5.74) is 5.89. The van der Waals surface area contributed by atoms with Crippen molar-refractivity contribution in [3.05, 3.63) is 0 Å². The molecule has 0 fully saturated rings. The highest BCUT2D eigenvalue weighted by molar-refractivity contribution is 8.01. The van der Waals surface area contributed by atoms with Crippen LogP contribution in [0, 0.1) is 0 Å². The molecule has 0 aliphatic heterocycles. The van der Waals surface area contributed by atoms with Crippen LogP contribution in [0.15, 0.2) is 0 Å². The zero-order valence-corrected chi connectivity index (χ0v) is 9.96. The summed E-state index contributed by atoms with van der Waals surface area (Å²) in [7, 11) is 0. The van der Waals surface area contributed by atoms with Crippen LogP contribution in [-0.4, -0.2) is 35.7 Å². The van der Waals surface area contributed by atoms with Crippen LogP contribution >= 0.6 is 23.5 Å². The minimum absolute atomic E-state index is 0.309. The van der Waals surface area contributed by atoms with Crippen LogP contribution in [0.25, 0.3) is 0 Å².